The molecule has 4 nitrogen and oxygen atoms in total. The smallest absolute Gasteiger partial charge is 0.337 e. The number of ether oxygens (including phenoxy) is 1. The topological polar surface area (TPSA) is 64.3 Å². The molecule has 3 N–H and O–H groups in total. The fourth-order valence-electron chi connectivity index (χ4n) is 1.75. The van der Waals surface area contributed by atoms with Crippen molar-refractivity contribution in [3.8, 4) is 0 Å². The standard InChI is InChI=1S/C15H16N2O2/c1-19-15(18)12-5-7-13(8-6-12)17-14-4-2-3-11(9-14)10-16/h2-9,17H,10,16H2,1H3. The van der Waals surface area contributed by atoms with Crippen LogP contribution in [0.15, 0.2) is 48.5 Å². The van der Waals surface area contributed by atoms with E-state index in [0.717, 1.165) is 16.9 Å². The van der Waals surface area contributed by atoms with E-state index in [4.69, 9.17) is 5.73 Å². The number of nitrogens with one attached hydrogen (secondary N) is 1. The second-order valence-electron chi connectivity index (χ2n) is 4.10. The van der Waals surface area contributed by atoms with Crippen molar-refractivity contribution >= 4 is 17.3 Å². The van der Waals surface area contributed by atoms with Crippen LogP contribution in [0.1, 0.15) is 15.9 Å². The molecule has 0 unspecified atom stereocenters. The summed E-state index contributed by atoms with van der Waals surface area (Å²) in [6.45, 7) is 0.511. The van der Waals surface area contributed by atoms with Crippen LogP contribution in [-0.2, 0) is 11.3 Å². The largest absolute Gasteiger partial charge is 0.465 e. The van der Waals surface area contributed by atoms with E-state index >= 15 is 0 Å². The van der Waals surface area contributed by atoms with Gasteiger partial charge >= 0.3 is 5.97 Å². The van der Waals surface area contributed by atoms with E-state index in [1.54, 1.807) is 12.1 Å². The first-order chi connectivity index (χ1) is 9.22. The van der Waals surface area contributed by atoms with Crippen molar-refractivity contribution in [3.05, 3.63) is 59.7 Å². The Kier molecular flexibility index (Phi) is 4.15. The molecule has 0 aliphatic rings. The van der Waals surface area contributed by atoms with E-state index in [1.165, 1.54) is 7.11 Å². The first-order valence-corrected chi connectivity index (χ1v) is 5.97. The number of carbonyl (C=O) groups is 1. The number of methoxy groups -OCH3 is 1. The van der Waals surface area contributed by atoms with Gasteiger partial charge in [-0.3, -0.25) is 0 Å². The number of hydrogen-bond donors (Lipinski definition) is 2. The third-order valence-corrected chi connectivity index (χ3v) is 2.76. The fourth-order valence-corrected chi connectivity index (χ4v) is 1.75. The lowest BCUT2D eigenvalue weighted by molar-refractivity contribution is 0.0601. The lowest BCUT2D eigenvalue weighted by Crippen LogP contribution is -2.01. The lowest BCUT2D eigenvalue weighted by Gasteiger charge is -2.08. The van der Waals surface area contributed by atoms with Crippen LogP contribution < -0.4 is 11.1 Å². The van der Waals surface area contributed by atoms with Gasteiger partial charge in [0, 0.05) is 17.9 Å². The monoisotopic (exact) mass is 256 g/mol. The maximum absolute atomic E-state index is 11.3. The van der Waals surface area contributed by atoms with E-state index < -0.39 is 0 Å². The van der Waals surface area contributed by atoms with Gasteiger partial charge in [0.1, 0.15) is 0 Å². The van der Waals surface area contributed by atoms with E-state index in [9.17, 15) is 4.79 Å². The van der Waals surface area contributed by atoms with Gasteiger partial charge in [-0.2, -0.15) is 0 Å². The second-order valence-corrected chi connectivity index (χ2v) is 4.10. The Balaban J connectivity index is 2.12. The summed E-state index contributed by atoms with van der Waals surface area (Å²) >= 11 is 0. The molecule has 2 aromatic rings. The molecule has 0 heterocycles. The quantitative estimate of drug-likeness (QED) is 0.825. The average molecular weight is 256 g/mol. The Morgan fingerprint density at radius 3 is 2.53 bits per heavy atom. The zero-order chi connectivity index (χ0) is 13.7. The molecule has 0 aromatic heterocycles. The van der Waals surface area contributed by atoms with Crippen LogP contribution in [0.4, 0.5) is 11.4 Å². The van der Waals surface area contributed by atoms with Gasteiger partial charge in [-0.15, -0.1) is 0 Å². The Bertz CT molecular complexity index is 565. The number of anilines is 2. The maximum atomic E-state index is 11.3. The third-order valence-electron chi connectivity index (χ3n) is 2.76. The van der Waals surface area contributed by atoms with Crippen LogP contribution >= 0.6 is 0 Å². The Hall–Kier alpha value is -2.33. The number of carbonyl (C=O) groups excluding carboxylic acids is 1. The molecule has 0 fully saturated rings. The van der Waals surface area contributed by atoms with Gasteiger partial charge in [-0.05, 0) is 42.0 Å². The molecule has 98 valence electrons. The van der Waals surface area contributed by atoms with Crippen molar-refractivity contribution < 1.29 is 9.53 Å². The zero-order valence-electron chi connectivity index (χ0n) is 10.7. The molecule has 19 heavy (non-hydrogen) atoms. The Labute approximate surface area is 112 Å². The van der Waals surface area contributed by atoms with Crippen molar-refractivity contribution in [2.45, 2.75) is 6.54 Å². The molecule has 0 radical (unpaired) electrons. The highest BCUT2D eigenvalue weighted by molar-refractivity contribution is 5.89. The molecule has 0 amide bonds. The van der Waals surface area contributed by atoms with Crippen molar-refractivity contribution in [2.24, 2.45) is 5.73 Å². The lowest BCUT2D eigenvalue weighted by atomic mass is 10.1. The molecule has 2 aromatic carbocycles. The number of nitrogens with two attached hydrogens (primary N) is 1. The number of benzene rings is 2. The molecule has 0 bridgehead atoms. The van der Waals surface area contributed by atoms with E-state index in [-0.39, 0.29) is 5.97 Å². The average Bonchev–Trinajstić information content (AvgIpc) is 2.47. The van der Waals surface area contributed by atoms with Crippen LogP contribution in [0.2, 0.25) is 0 Å². The van der Waals surface area contributed by atoms with E-state index in [2.05, 4.69) is 10.1 Å². The summed E-state index contributed by atoms with van der Waals surface area (Å²) in [5, 5.41) is 3.26. The number of hydrogen-bond acceptors (Lipinski definition) is 4. The fraction of sp³-hybridized carbons (Fsp3) is 0.133. The van der Waals surface area contributed by atoms with Crippen LogP contribution in [0, 0.1) is 0 Å². The van der Waals surface area contributed by atoms with Gasteiger partial charge in [0.15, 0.2) is 0 Å². The third kappa shape index (κ3) is 3.33. The highest BCUT2D eigenvalue weighted by Gasteiger charge is 2.04. The van der Waals surface area contributed by atoms with Crippen molar-refractivity contribution in [3.63, 3.8) is 0 Å². The molecule has 0 aliphatic heterocycles. The van der Waals surface area contributed by atoms with Gasteiger partial charge in [-0.25, -0.2) is 4.79 Å². The highest BCUT2D eigenvalue weighted by Crippen LogP contribution is 2.18. The summed E-state index contributed by atoms with van der Waals surface area (Å²) in [5.74, 6) is -0.336. The summed E-state index contributed by atoms with van der Waals surface area (Å²) in [5.41, 5.74) is 9.07. The minimum absolute atomic E-state index is 0.336. The summed E-state index contributed by atoms with van der Waals surface area (Å²) in [7, 11) is 1.37. The summed E-state index contributed by atoms with van der Waals surface area (Å²) in [4.78, 5) is 11.3. The van der Waals surface area contributed by atoms with E-state index in [1.807, 2.05) is 36.4 Å². The number of esters is 1. The molecule has 2 rings (SSSR count). The van der Waals surface area contributed by atoms with Crippen molar-refractivity contribution in [2.75, 3.05) is 12.4 Å². The normalized spacial score (nSPS) is 10.0. The molecular formula is C15H16N2O2. The molecule has 0 atom stereocenters. The van der Waals surface area contributed by atoms with Crippen LogP contribution in [0.3, 0.4) is 0 Å². The Morgan fingerprint density at radius 1 is 1.16 bits per heavy atom. The summed E-state index contributed by atoms with van der Waals surface area (Å²) < 4.78 is 4.65. The molecular weight excluding hydrogens is 240 g/mol. The highest BCUT2D eigenvalue weighted by atomic mass is 16.5. The van der Waals surface area contributed by atoms with Crippen LogP contribution in [0.5, 0.6) is 0 Å². The predicted molar refractivity (Wildman–Crippen MR) is 75.4 cm³/mol. The first-order valence-electron chi connectivity index (χ1n) is 5.97. The number of rotatable bonds is 4. The summed E-state index contributed by atoms with van der Waals surface area (Å²) in [6.07, 6.45) is 0. The van der Waals surface area contributed by atoms with Crippen molar-refractivity contribution in [1.82, 2.24) is 0 Å². The van der Waals surface area contributed by atoms with Crippen LogP contribution in [-0.4, -0.2) is 13.1 Å². The minimum atomic E-state index is -0.336. The minimum Gasteiger partial charge on any atom is -0.465 e. The SMILES string of the molecule is COC(=O)c1ccc(Nc2cccc(CN)c2)cc1. The molecule has 0 saturated heterocycles. The van der Waals surface area contributed by atoms with Gasteiger partial charge < -0.3 is 15.8 Å². The van der Waals surface area contributed by atoms with Crippen LogP contribution in [0.25, 0.3) is 0 Å². The van der Waals surface area contributed by atoms with Gasteiger partial charge in [0.25, 0.3) is 0 Å². The van der Waals surface area contributed by atoms with Gasteiger partial charge in [0.2, 0.25) is 0 Å². The molecule has 0 aliphatic carbocycles. The van der Waals surface area contributed by atoms with Crippen molar-refractivity contribution in [1.29, 1.82) is 0 Å². The Morgan fingerprint density at radius 2 is 1.89 bits per heavy atom. The van der Waals surface area contributed by atoms with E-state index in [0.29, 0.717) is 12.1 Å². The molecule has 0 spiro atoms. The van der Waals surface area contributed by atoms with Gasteiger partial charge in [0.05, 0.1) is 12.7 Å². The molecule has 4 heteroatoms. The summed E-state index contributed by atoms with van der Waals surface area (Å²) in [6, 6.07) is 15.0. The first kappa shape index (κ1) is 13.1. The van der Waals surface area contributed by atoms with Gasteiger partial charge in [-0.1, -0.05) is 12.1 Å². The zero-order valence-corrected chi connectivity index (χ0v) is 10.7. The predicted octanol–water partition coefficient (Wildman–Crippen LogP) is 2.68. The maximum Gasteiger partial charge on any atom is 0.337 e. The molecule has 0 saturated carbocycles. The second kappa shape index (κ2) is 6.02.